The summed E-state index contributed by atoms with van der Waals surface area (Å²) in [6.07, 6.45) is 0.0577. The van der Waals surface area contributed by atoms with Crippen LogP contribution in [-0.2, 0) is 4.74 Å². The summed E-state index contributed by atoms with van der Waals surface area (Å²) < 4.78 is 5.62. The van der Waals surface area contributed by atoms with E-state index in [0.29, 0.717) is 29.4 Å². The molecule has 0 saturated carbocycles. The first-order valence-corrected chi connectivity index (χ1v) is 6.60. The number of carbonyl (C=O) groups is 1. The molecule has 1 heterocycles. The Hall–Kier alpha value is -1.30. The number of rotatable bonds is 2. The molecule has 2 rings (SSSR count). The van der Waals surface area contributed by atoms with Crippen molar-refractivity contribution >= 4 is 23.2 Å². The van der Waals surface area contributed by atoms with Crippen LogP contribution < -0.4 is 11.3 Å². The second-order valence-corrected chi connectivity index (χ2v) is 5.24. The summed E-state index contributed by atoms with van der Waals surface area (Å²) in [6.45, 7) is 5.05. The van der Waals surface area contributed by atoms with Crippen LogP contribution in [0.5, 0.6) is 0 Å². The standard InChI is InChI=1S/C13H18ClN3O2/c1-8-6-17(7-9(2)19-8)13(18)11-5-10(14)3-4-12(11)16-15/h3-5,8-9,16H,6-7,15H2,1-2H3. The Balaban J connectivity index is 2.26. The molecular weight excluding hydrogens is 266 g/mol. The largest absolute Gasteiger partial charge is 0.372 e. The molecule has 1 aliphatic rings. The average molecular weight is 284 g/mol. The fraction of sp³-hybridized carbons (Fsp3) is 0.462. The number of anilines is 1. The highest BCUT2D eigenvalue weighted by molar-refractivity contribution is 6.31. The molecule has 1 aliphatic heterocycles. The Morgan fingerprint density at radius 3 is 2.63 bits per heavy atom. The van der Waals surface area contributed by atoms with Crippen molar-refractivity contribution in [1.82, 2.24) is 4.90 Å². The molecule has 0 aromatic heterocycles. The Labute approximate surface area is 117 Å². The number of nitrogens with zero attached hydrogens (tertiary/aromatic N) is 1. The van der Waals surface area contributed by atoms with Gasteiger partial charge in [0.05, 0.1) is 23.5 Å². The fourth-order valence-corrected chi connectivity index (χ4v) is 2.51. The van der Waals surface area contributed by atoms with Crippen molar-refractivity contribution in [2.24, 2.45) is 5.84 Å². The van der Waals surface area contributed by atoms with Crippen LogP contribution >= 0.6 is 11.6 Å². The summed E-state index contributed by atoms with van der Waals surface area (Å²) in [7, 11) is 0. The summed E-state index contributed by atoms with van der Waals surface area (Å²) in [5, 5.41) is 0.511. The number of hydrazine groups is 1. The molecule has 104 valence electrons. The molecule has 6 heteroatoms. The fourth-order valence-electron chi connectivity index (χ4n) is 2.33. The second kappa shape index (κ2) is 5.77. The van der Waals surface area contributed by atoms with Crippen LogP contribution in [0, 0.1) is 0 Å². The van der Waals surface area contributed by atoms with Gasteiger partial charge in [-0.05, 0) is 32.0 Å². The maximum Gasteiger partial charge on any atom is 0.256 e. The molecule has 1 fully saturated rings. The van der Waals surface area contributed by atoms with Gasteiger partial charge < -0.3 is 15.1 Å². The van der Waals surface area contributed by atoms with Crippen LogP contribution in [-0.4, -0.2) is 36.1 Å². The maximum atomic E-state index is 12.5. The first-order valence-electron chi connectivity index (χ1n) is 6.22. The van der Waals surface area contributed by atoms with E-state index < -0.39 is 0 Å². The molecule has 2 unspecified atom stereocenters. The molecule has 1 aromatic rings. The minimum atomic E-state index is -0.0857. The average Bonchev–Trinajstić information content (AvgIpc) is 2.36. The Morgan fingerprint density at radius 2 is 2.05 bits per heavy atom. The van der Waals surface area contributed by atoms with Gasteiger partial charge in [-0.25, -0.2) is 0 Å². The number of nitrogens with two attached hydrogens (primary N) is 1. The zero-order valence-electron chi connectivity index (χ0n) is 11.0. The van der Waals surface area contributed by atoms with Crippen molar-refractivity contribution in [3.63, 3.8) is 0 Å². The van der Waals surface area contributed by atoms with Crippen molar-refractivity contribution in [1.29, 1.82) is 0 Å². The molecule has 1 amide bonds. The number of hydrogen-bond donors (Lipinski definition) is 2. The van der Waals surface area contributed by atoms with Crippen molar-refractivity contribution in [3.8, 4) is 0 Å². The van der Waals surface area contributed by atoms with Crippen molar-refractivity contribution in [2.75, 3.05) is 18.5 Å². The van der Waals surface area contributed by atoms with E-state index in [1.807, 2.05) is 13.8 Å². The molecule has 2 atom stereocenters. The number of amides is 1. The first kappa shape index (κ1) is 14.1. The van der Waals surface area contributed by atoms with Crippen LogP contribution in [0.1, 0.15) is 24.2 Å². The predicted octanol–water partition coefficient (Wildman–Crippen LogP) is 1.88. The van der Waals surface area contributed by atoms with E-state index in [9.17, 15) is 4.79 Å². The van der Waals surface area contributed by atoms with Crippen molar-refractivity contribution < 1.29 is 9.53 Å². The lowest BCUT2D eigenvalue weighted by Crippen LogP contribution is -2.48. The number of nitrogens with one attached hydrogen (secondary N) is 1. The van der Waals surface area contributed by atoms with Gasteiger partial charge in [-0.15, -0.1) is 0 Å². The predicted molar refractivity (Wildman–Crippen MR) is 75.2 cm³/mol. The van der Waals surface area contributed by atoms with Gasteiger partial charge in [0.15, 0.2) is 0 Å². The SMILES string of the molecule is CC1CN(C(=O)c2cc(Cl)ccc2NN)CC(C)O1. The van der Waals surface area contributed by atoms with Gasteiger partial charge in [0.1, 0.15) is 0 Å². The second-order valence-electron chi connectivity index (χ2n) is 4.80. The third-order valence-electron chi connectivity index (χ3n) is 3.07. The smallest absolute Gasteiger partial charge is 0.256 e. The van der Waals surface area contributed by atoms with E-state index >= 15 is 0 Å². The number of nitrogen functional groups attached to an aromatic ring is 1. The molecule has 0 aliphatic carbocycles. The molecule has 3 N–H and O–H groups in total. The van der Waals surface area contributed by atoms with E-state index in [1.54, 1.807) is 23.1 Å². The summed E-state index contributed by atoms with van der Waals surface area (Å²) in [6, 6.07) is 5.02. The third kappa shape index (κ3) is 3.18. The number of morpholine rings is 1. The van der Waals surface area contributed by atoms with Gasteiger partial charge in [0.2, 0.25) is 0 Å². The highest BCUT2D eigenvalue weighted by Gasteiger charge is 2.27. The normalized spacial score (nSPS) is 23.3. The minimum absolute atomic E-state index is 0.0289. The molecule has 1 saturated heterocycles. The number of halogens is 1. The summed E-state index contributed by atoms with van der Waals surface area (Å²) >= 11 is 5.95. The van der Waals surface area contributed by atoms with Gasteiger partial charge >= 0.3 is 0 Å². The Morgan fingerprint density at radius 1 is 1.42 bits per heavy atom. The van der Waals surface area contributed by atoms with E-state index in [2.05, 4.69) is 5.43 Å². The topological polar surface area (TPSA) is 67.6 Å². The maximum absolute atomic E-state index is 12.5. The molecule has 1 aromatic carbocycles. The quantitative estimate of drug-likeness (QED) is 0.642. The van der Waals surface area contributed by atoms with E-state index in [1.165, 1.54) is 0 Å². The van der Waals surface area contributed by atoms with E-state index in [-0.39, 0.29) is 18.1 Å². The molecule has 0 bridgehead atoms. The zero-order chi connectivity index (χ0) is 14.0. The van der Waals surface area contributed by atoms with Gasteiger partial charge in [-0.3, -0.25) is 10.6 Å². The highest BCUT2D eigenvalue weighted by Crippen LogP contribution is 2.23. The van der Waals surface area contributed by atoms with E-state index in [4.69, 9.17) is 22.2 Å². The third-order valence-corrected chi connectivity index (χ3v) is 3.31. The number of ether oxygens (including phenoxy) is 1. The van der Waals surface area contributed by atoms with Gasteiger partial charge in [-0.1, -0.05) is 11.6 Å². The van der Waals surface area contributed by atoms with Crippen LogP contribution in [0.3, 0.4) is 0 Å². The van der Waals surface area contributed by atoms with Crippen LogP contribution in [0.25, 0.3) is 0 Å². The molecule has 0 spiro atoms. The Bertz CT molecular complexity index is 471. The van der Waals surface area contributed by atoms with Gasteiger partial charge in [0.25, 0.3) is 5.91 Å². The molecule has 0 radical (unpaired) electrons. The summed E-state index contributed by atoms with van der Waals surface area (Å²) in [5.74, 6) is 5.35. The van der Waals surface area contributed by atoms with Crippen molar-refractivity contribution in [3.05, 3.63) is 28.8 Å². The lowest BCUT2D eigenvalue weighted by Gasteiger charge is -2.35. The molecule has 5 nitrogen and oxygen atoms in total. The molecule has 19 heavy (non-hydrogen) atoms. The molecular formula is C13H18ClN3O2. The highest BCUT2D eigenvalue weighted by atomic mass is 35.5. The number of benzene rings is 1. The first-order chi connectivity index (χ1) is 9.01. The lowest BCUT2D eigenvalue weighted by molar-refractivity contribution is -0.0585. The van der Waals surface area contributed by atoms with Gasteiger partial charge in [-0.2, -0.15) is 0 Å². The lowest BCUT2D eigenvalue weighted by atomic mass is 10.1. The zero-order valence-corrected chi connectivity index (χ0v) is 11.8. The summed E-state index contributed by atoms with van der Waals surface area (Å²) in [5.41, 5.74) is 3.58. The Kier molecular flexibility index (Phi) is 4.29. The monoisotopic (exact) mass is 283 g/mol. The van der Waals surface area contributed by atoms with Crippen molar-refractivity contribution in [2.45, 2.75) is 26.1 Å². The minimum Gasteiger partial charge on any atom is -0.372 e. The van der Waals surface area contributed by atoms with Crippen LogP contribution in [0.4, 0.5) is 5.69 Å². The number of hydrogen-bond acceptors (Lipinski definition) is 4. The van der Waals surface area contributed by atoms with E-state index in [0.717, 1.165) is 0 Å². The number of carbonyl (C=O) groups excluding carboxylic acids is 1. The van der Waals surface area contributed by atoms with Crippen LogP contribution in [0.15, 0.2) is 18.2 Å². The van der Waals surface area contributed by atoms with Crippen LogP contribution in [0.2, 0.25) is 5.02 Å². The van der Waals surface area contributed by atoms with Gasteiger partial charge in [0, 0.05) is 18.1 Å². The summed E-state index contributed by atoms with van der Waals surface area (Å²) in [4.78, 5) is 14.3.